The molecule has 2 aliphatic heterocycles. The quantitative estimate of drug-likeness (QED) is 0.804. The Balaban J connectivity index is 1.45. The van der Waals surface area contributed by atoms with Gasteiger partial charge < -0.3 is 10.2 Å². The number of hydrogen-bond acceptors (Lipinski definition) is 3. The van der Waals surface area contributed by atoms with Gasteiger partial charge in [0.05, 0.1) is 12.5 Å². The molecular formula is C23H28ClN3O. The Bertz CT molecular complexity index is 830. The first-order valence-corrected chi connectivity index (χ1v) is 10.6. The summed E-state index contributed by atoms with van der Waals surface area (Å²) in [7, 11) is 2.15. The highest BCUT2D eigenvalue weighted by molar-refractivity contribution is 6.30. The van der Waals surface area contributed by atoms with Crippen molar-refractivity contribution in [1.29, 1.82) is 0 Å². The highest BCUT2D eigenvalue weighted by Gasteiger charge is 2.26. The fourth-order valence-corrected chi connectivity index (χ4v) is 4.49. The standard InChI is InChI=1S/C23H28ClN3O/c1-26-13-10-19-15-18(6-9-21(19)26)22(27-11-2-3-12-27)16-25-23(28)14-17-4-7-20(24)8-5-17/h4-9,15,22H,2-3,10-14,16H2,1H3,(H,25,28)/t22-/m0/s1. The molecule has 2 aliphatic rings. The number of halogens is 1. The molecule has 0 radical (unpaired) electrons. The topological polar surface area (TPSA) is 35.6 Å². The molecule has 2 aromatic carbocycles. The van der Waals surface area contributed by atoms with Gasteiger partial charge in [0.15, 0.2) is 0 Å². The normalized spacial score (nSPS) is 17.6. The molecular weight excluding hydrogens is 370 g/mol. The van der Waals surface area contributed by atoms with Crippen LogP contribution in [0.1, 0.15) is 35.6 Å². The molecule has 0 aliphatic carbocycles. The van der Waals surface area contributed by atoms with E-state index in [0.717, 1.165) is 31.6 Å². The first kappa shape index (κ1) is 19.3. The van der Waals surface area contributed by atoms with Gasteiger partial charge in [-0.3, -0.25) is 9.69 Å². The molecule has 28 heavy (non-hydrogen) atoms. The fourth-order valence-electron chi connectivity index (χ4n) is 4.37. The fraction of sp³-hybridized carbons (Fsp3) is 0.435. The Hall–Kier alpha value is -2.04. The largest absolute Gasteiger partial charge is 0.374 e. The van der Waals surface area contributed by atoms with E-state index in [2.05, 4.69) is 40.4 Å². The molecule has 0 bridgehead atoms. The van der Waals surface area contributed by atoms with Crippen LogP contribution in [0.4, 0.5) is 5.69 Å². The number of rotatable bonds is 6. The average Bonchev–Trinajstić information content (AvgIpc) is 3.34. The van der Waals surface area contributed by atoms with Gasteiger partial charge in [0.25, 0.3) is 0 Å². The third-order valence-electron chi connectivity index (χ3n) is 5.97. The highest BCUT2D eigenvalue weighted by atomic mass is 35.5. The van der Waals surface area contributed by atoms with Crippen LogP contribution in [0.3, 0.4) is 0 Å². The summed E-state index contributed by atoms with van der Waals surface area (Å²) in [5, 5.41) is 3.87. The van der Waals surface area contributed by atoms with Crippen LogP contribution in [0.15, 0.2) is 42.5 Å². The Labute approximate surface area is 172 Å². The van der Waals surface area contributed by atoms with Gasteiger partial charge in [0.2, 0.25) is 5.91 Å². The lowest BCUT2D eigenvalue weighted by atomic mass is 10.0. The second-order valence-electron chi connectivity index (χ2n) is 7.93. The molecule has 1 amide bonds. The molecule has 0 unspecified atom stereocenters. The number of nitrogens with zero attached hydrogens (tertiary/aromatic N) is 2. The smallest absolute Gasteiger partial charge is 0.224 e. The van der Waals surface area contributed by atoms with Crippen LogP contribution in [-0.2, 0) is 17.6 Å². The molecule has 4 rings (SSSR count). The van der Waals surface area contributed by atoms with Gasteiger partial charge in [-0.15, -0.1) is 0 Å². The van der Waals surface area contributed by atoms with Gasteiger partial charge in [-0.05, 0) is 67.2 Å². The summed E-state index contributed by atoms with van der Waals surface area (Å²) in [6, 6.07) is 14.6. The van der Waals surface area contributed by atoms with Crippen LogP contribution in [0.25, 0.3) is 0 Å². The van der Waals surface area contributed by atoms with Crippen molar-refractivity contribution in [1.82, 2.24) is 10.2 Å². The van der Waals surface area contributed by atoms with E-state index in [1.165, 1.54) is 29.7 Å². The van der Waals surface area contributed by atoms with Crippen molar-refractivity contribution in [2.45, 2.75) is 31.7 Å². The Morgan fingerprint density at radius 3 is 2.61 bits per heavy atom. The molecule has 1 fully saturated rings. The van der Waals surface area contributed by atoms with Crippen molar-refractivity contribution >= 4 is 23.2 Å². The first-order chi connectivity index (χ1) is 13.6. The monoisotopic (exact) mass is 397 g/mol. The molecule has 148 valence electrons. The third kappa shape index (κ3) is 4.34. The van der Waals surface area contributed by atoms with Crippen molar-refractivity contribution in [2.75, 3.05) is 38.1 Å². The van der Waals surface area contributed by atoms with E-state index >= 15 is 0 Å². The molecule has 1 N–H and O–H groups in total. The van der Waals surface area contributed by atoms with E-state index < -0.39 is 0 Å². The molecule has 0 aromatic heterocycles. The van der Waals surface area contributed by atoms with Crippen LogP contribution in [-0.4, -0.2) is 44.0 Å². The predicted molar refractivity (Wildman–Crippen MR) is 115 cm³/mol. The molecule has 2 aromatic rings. The van der Waals surface area contributed by atoms with Gasteiger partial charge >= 0.3 is 0 Å². The lowest BCUT2D eigenvalue weighted by Crippen LogP contribution is -2.37. The van der Waals surface area contributed by atoms with Gasteiger partial charge in [-0.25, -0.2) is 0 Å². The molecule has 1 atom stereocenters. The minimum absolute atomic E-state index is 0.0624. The number of amides is 1. The van der Waals surface area contributed by atoms with E-state index in [0.29, 0.717) is 18.0 Å². The van der Waals surface area contributed by atoms with Gasteiger partial charge in [-0.2, -0.15) is 0 Å². The third-order valence-corrected chi connectivity index (χ3v) is 6.22. The number of carbonyl (C=O) groups excluding carboxylic acids is 1. The lowest BCUT2D eigenvalue weighted by molar-refractivity contribution is -0.120. The Morgan fingerprint density at radius 2 is 1.86 bits per heavy atom. The Kier molecular flexibility index (Phi) is 5.88. The van der Waals surface area contributed by atoms with E-state index in [4.69, 9.17) is 11.6 Å². The van der Waals surface area contributed by atoms with Crippen LogP contribution in [0, 0.1) is 0 Å². The second kappa shape index (κ2) is 8.54. The molecule has 4 nitrogen and oxygen atoms in total. The summed E-state index contributed by atoms with van der Waals surface area (Å²) < 4.78 is 0. The summed E-state index contributed by atoms with van der Waals surface area (Å²) in [5.41, 5.74) is 5.08. The zero-order chi connectivity index (χ0) is 19.5. The zero-order valence-electron chi connectivity index (χ0n) is 16.5. The zero-order valence-corrected chi connectivity index (χ0v) is 17.2. The van der Waals surface area contributed by atoms with Gasteiger partial charge in [0.1, 0.15) is 0 Å². The van der Waals surface area contributed by atoms with Crippen molar-refractivity contribution in [3.05, 3.63) is 64.2 Å². The minimum atomic E-state index is 0.0624. The summed E-state index contributed by atoms with van der Waals surface area (Å²) in [5.74, 6) is 0.0624. The summed E-state index contributed by atoms with van der Waals surface area (Å²) in [4.78, 5) is 17.3. The van der Waals surface area contributed by atoms with Crippen molar-refractivity contribution in [3.8, 4) is 0 Å². The highest BCUT2D eigenvalue weighted by Crippen LogP contribution is 2.32. The average molecular weight is 398 g/mol. The molecule has 0 saturated carbocycles. The number of nitrogens with one attached hydrogen (secondary N) is 1. The predicted octanol–water partition coefficient (Wildman–Crippen LogP) is 3.83. The van der Waals surface area contributed by atoms with Crippen LogP contribution in [0.5, 0.6) is 0 Å². The van der Waals surface area contributed by atoms with E-state index in [1.54, 1.807) is 0 Å². The number of carbonyl (C=O) groups is 1. The maximum absolute atomic E-state index is 12.5. The number of benzene rings is 2. The molecule has 5 heteroatoms. The molecule has 1 saturated heterocycles. The SMILES string of the molecule is CN1CCc2cc([C@H](CNC(=O)Cc3ccc(Cl)cc3)N3CCCC3)ccc21. The van der Waals surface area contributed by atoms with E-state index in [-0.39, 0.29) is 11.9 Å². The van der Waals surface area contributed by atoms with E-state index in [1.807, 2.05) is 24.3 Å². The Morgan fingerprint density at radius 1 is 1.11 bits per heavy atom. The second-order valence-corrected chi connectivity index (χ2v) is 8.36. The maximum Gasteiger partial charge on any atom is 0.224 e. The van der Waals surface area contributed by atoms with Crippen LogP contribution in [0.2, 0.25) is 5.02 Å². The van der Waals surface area contributed by atoms with Crippen molar-refractivity contribution < 1.29 is 4.79 Å². The van der Waals surface area contributed by atoms with Crippen molar-refractivity contribution in [2.24, 2.45) is 0 Å². The number of likely N-dealkylation sites (N-methyl/N-ethyl adjacent to an activating group) is 1. The summed E-state index contributed by atoms with van der Waals surface area (Å²) in [6.07, 6.45) is 3.97. The lowest BCUT2D eigenvalue weighted by Gasteiger charge is -2.29. The van der Waals surface area contributed by atoms with Crippen molar-refractivity contribution in [3.63, 3.8) is 0 Å². The summed E-state index contributed by atoms with van der Waals surface area (Å²) >= 11 is 5.93. The van der Waals surface area contributed by atoms with Crippen LogP contribution >= 0.6 is 11.6 Å². The first-order valence-electron chi connectivity index (χ1n) is 10.2. The number of hydrogen-bond donors (Lipinski definition) is 1. The van der Waals surface area contributed by atoms with E-state index in [9.17, 15) is 4.79 Å². The number of anilines is 1. The van der Waals surface area contributed by atoms with Crippen LogP contribution < -0.4 is 10.2 Å². The van der Waals surface area contributed by atoms with Gasteiger partial charge in [-0.1, -0.05) is 35.9 Å². The maximum atomic E-state index is 12.5. The summed E-state index contributed by atoms with van der Waals surface area (Å²) in [6.45, 7) is 3.95. The number of fused-ring (bicyclic) bond motifs is 1. The van der Waals surface area contributed by atoms with Gasteiger partial charge in [0, 0.05) is 30.8 Å². The molecule has 2 heterocycles. The minimum Gasteiger partial charge on any atom is -0.374 e. The number of likely N-dealkylation sites (tertiary alicyclic amines) is 1. The molecule has 0 spiro atoms.